The highest BCUT2D eigenvalue weighted by Crippen LogP contribution is 2.01. The second-order valence-corrected chi connectivity index (χ2v) is 3.13. The van der Waals surface area contributed by atoms with Crippen LogP contribution in [-0.4, -0.2) is 45.4 Å². The van der Waals surface area contributed by atoms with E-state index < -0.39 is 0 Å². The Balaban J connectivity index is 2.33. The predicted octanol–water partition coefficient (Wildman–Crippen LogP) is -1.34. The van der Waals surface area contributed by atoms with Crippen molar-refractivity contribution in [2.75, 3.05) is 27.4 Å². The van der Waals surface area contributed by atoms with Crippen molar-refractivity contribution in [1.82, 2.24) is 16.0 Å². The van der Waals surface area contributed by atoms with Gasteiger partial charge in [0.05, 0.1) is 7.11 Å². The van der Waals surface area contributed by atoms with Crippen molar-refractivity contribution in [3.05, 3.63) is 0 Å². The zero-order valence-electron chi connectivity index (χ0n) is 8.09. The van der Waals surface area contributed by atoms with Gasteiger partial charge in [-0.3, -0.25) is 4.79 Å². The molecule has 0 aromatic carbocycles. The molecule has 1 heterocycles. The molecule has 0 radical (unpaired) electrons. The Bertz CT molecular complexity index is 169. The summed E-state index contributed by atoms with van der Waals surface area (Å²) in [5, 5.41) is 9.35. The lowest BCUT2D eigenvalue weighted by molar-refractivity contribution is -0.143. The molecule has 1 saturated heterocycles. The Hall–Kier alpha value is -0.650. The van der Waals surface area contributed by atoms with E-state index in [0.717, 1.165) is 19.6 Å². The van der Waals surface area contributed by atoms with Gasteiger partial charge in [-0.05, 0) is 13.5 Å². The minimum atomic E-state index is -0.206. The van der Waals surface area contributed by atoms with E-state index in [4.69, 9.17) is 0 Å². The van der Waals surface area contributed by atoms with Crippen molar-refractivity contribution >= 4 is 5.97 Å². The van der Waals surface area contributed by atoms with Crippen LogP contribution in [0, 0.1) is 0 Å². The number of likely N-dealkylation sites (N-methyl/N-ethyl adjacent to an activating group) is 1. The standard InChI is InChI=1S/C8H17N3O2/c1-9-7(8(12)13-2)3-6-4-10-5-11-6/h6-7,9-11H,3-5H2,1-2H3/t6?,7-/m0/s1. The number of ether oxygens (including phenoxy) is 1. The first kappa shape index (κ1) is 10.4. The Morgan fingerprint density at radius 2 is 2.54 bits per heavy atom. The predicted molar refractivity (Wildman–Crippen MR) is 49.3 cm³/mol. The van der Waals surface area contributed by atoms with Gasteiger partial charge in [-0.2, -0.15) is 0 Å². The fraction of sp³-hybridized carbons (Fsp3) is 0.875. The first-order chi connectivity index (χ1) is 6.27. The van der Waals surface area contributed by atoms with E-state index in [1.165, 1.54) is 7.11 Å². The summed E-state index contributed by atoms with van der Waals surface area (Å²) in [7, 11) is 3.18. The number of rotatable bonds is 4. The lowest BCUT2D eigenvalue weighted by Crippen LogP contribution is -2.41. The van der Waals surface area contributed by atoms with Gasteiger partial charge in [0, 0.05) is 19.3 Å². The number of esters is 1. The number of methoxy groups -OCH3 is 1. The van der Waals surface area contributed by atoms with Crippen LogP contribution in [-0.2, 0) is 9.53 Å². The van der Waals surface area contributed by atoms with E-state index in [1.54, 1.807) is 7.05 Å². The molecule has 1 unspecified atom stereocenters. The minimum absolute atomic E-state index is 0.198. The molecule has 1 rings (SSSR count). The lowest BCUT2D eigenvalue weighted by atomic mass is 10.1. The molecular formula is C8H17N3O2. The number of hydrogen-bond donors (Lipinski definition) is 3. The van der Waals surface area contributed by atoms with E-state index >= 15 is 0 Å². The molecule has 1 aliphatic rings. The zero-order chi connectivity index (χ0) is 9.68. The summed E-state index contributed by atoms with van der Waals surface area (Å²) in [5.41, 5.74) is 0. The summed E-state index contributed by atoms with van der Waals surface area (Å²) in [6.45, 7) is 1.73. The van der Waals surface area contributed by atoms with Crippen LogP contribution in [0.25, 0.3) is 0 Å². The van der Waals surface area contributed by atoms with Crippen molar-refractivity contribution in [1.29, 1.82) is 0 Å². The Kier molecular flexibility index (Phi) is 4.14. The average molecular weight is 187 g/mol. The highest BCUT2D eigenvalue weighted by molar-refractivity contribution is 5.75. The van der Waals surface area contributed by atoms with Crippen molar-refractivity contribution in [2.24, 2.45) is 0 Å². The van der Waals surface area contributed by atoms with Crippen molar-refractivity contribution in [3.8, 4) is 0 Å². The fourth-order valence-electron chi connectivity index (χ4n) is 1.46. The molecule has 0 aliphatic carbocycles. The van der Waals surface area contributed by atoms with E-state index in [9.17, 15) is 4.79 Å². The summed E-state index contributed by atoms with van der Waals surface area (Å²) < 4.78 is 4.66. The number of hydrogen-bond acceptors (Lipinski definition) is 5. The molecule has 13 heavy (non-hydrogen) atoms. The van der Waals surface area contributed by atoms with Gasteiger partial charge in [-0.25, -0.2) is 0 Å². The highest BCUT2D eigenvalue weighted by atomic mass is 16.5. The smallest absolute Gasteiger partial charge is 0.322 e. The third-order valence-electron chi connectivity index (χ3n) is 2.26. The maximum absolute atomic E-state index is 11.2. The van der Waals surface area contributed by atoms with Gasteiger partial charge in [0.2, 0.25) is 0 Å². The highest BCUT2D eigenvalue weighted by Gasteiger charge is 2.23. The Morgan fingerprint density at radius 1 is 1.77 bits per heavy atom. The zero-order valence-corrected chi connectivity index (χ0v) is 8.09. The molecule has 0 spiro atoms. The quantitative estimate of drug-likeness (QED) is 0.475. The molecule has 1 fully saturated rings. The summed E-state index contributed by atoms with van der Waals surface area (Å²) in [6.07, 6.45) is 0.760. The topological polar surface area (TPSA) is 62.4 Å². The third-order valence-corrected chi connectivity index (χ3v) is 2.26. The normalized spacial score (nSPS) is 24.3. The molecule has 76 valence electrons. The Morgan fingerprint density at radius 3 is 3.00 bits per heavy atom. The maximum atomic E-state index is 11.2. The molecule has 0 amide bonds. The third kappa shape index (κ3) is 2.95. The average Bonchev–Trinajstić information content (AvgIpc) is 2.65. The molecule has 1 aliphatic heterocycles. The SMILES string of the molecule is CN[C@@H](CC1CNCN1)C(=O)OC. The summed E-state index contributed by atoms with van der Waals surface area (Å²) in [6, 6.07) is 0.152. The summed E-state index contributed by atoms with van der Waals surface area (Å²) in [4.78, 5) is 11.2. The van der Waals surface area contributed by atoms with Gasteiger partial charge >= 0.3 is 5.97 Å². The van der Waals surface area contributed by atoms with Crippen LogP contribution >= 0.6 is 0 Å². The van der Waals surface area contributed by atoms with Gasteiger partial charge < -0.3 is 20.7 Å². The molecule has 0 aromatic rings. The van der Waals surface area contributed by atoms with Crippen molar-refractivity contribution in [2.45, 2.75) is 18.5 Å². The van der Waals surface area contributed by atoms with Crippen LogP contribution in [0.4, 0.5) is 0 Å². The molecule has 0 aromatic heterocycles. The number of nitrogens with one attached hydrogen (secondary N) is 3. The molecule has 5 heteroatoms. The van der Waals surface area contributed by atoms with Crippen molar-refractivity contribution in [3.63, 3.8) is 0 Å². The van der Waals surface area contributed by atoms with E-state index in [1.807, 2.05) is 0 Å². The molecule has 5 nitrogen and oxygen atoms in total. The number of carbonyl (C=O) groups excluding carboxylic acids is 1. The molecule has 2 atom stereocenters. The monoisotopic (exact) mass is 187 g/mol. The Labute approximate surface area is 78.2 Å². The summed E-state index contributed by atoms with van der Waals surface area (Å²) in [5.74, 6) is -0.198. The van der Waals surface area contributed by atoms with Crippen LogP contribution < -0.4 is 16.0 Å². The van der Waals surface area contributed by atoms with Crippen molar-refractivity contribution < 1.29 is 9.53 Å². The maximum Gasteiger partial charge on any atom is 0.322 e. The molecule has 3 N–H and O–H groups in total. The van der Waals surface area contributed by atoms with Crippen LogP contribution in [0.2, 0.25) is 0 Å². The van der Waals surface area contributed by atoms with Gasteiger partial charge in [0.15, 0.2) is 0 Å². The largest absolute Gasteiger partial charge is 0.468 e. The second-order valence-electron chi connectivity index (χ2n) is 3.13. The van der Waals surface area contributed by atoms with Crippen LogP contribution in [0.5, 0.6) is 0 Å². The first-order valence-corrected chi connectivity index (χ1v) is 4.47. The minimum Gasteiger partial charge on any atom is -0.468 e. The first-order valence-electron chi connectivity index (χ1n) is 4.47. The molecule has 0 bridgehead atoms. The van der Waals surface area contributed by atoms with E-state index in [-0.39, 0.29) is 12.0 Å². The fourth-order valence-corrected chi connectivity index (χ4v) is 1.46. The van der Waals surface area contributed by atoms with Crippen LogP contribution in [0.1, 0.15) is 6.42 Å². The van der Waals surface area contributed by atoms with Gasteiger partial charge in [0.1, 0.15) is 6.04 Å². The molecular weight excluding hydrogens is 170 g/mol. The van der Waals surface area contributed by atoms with Gasteiger partial charge in [0.25, 0.3) is 0 Å². The van der Waals surface area contributed by atoms with E-state index in [2.05, 4.69) is 20.7 Å². The van der Waals surface area contributed by atoms with Gasteiger partial charge in [-0.15, -0.1) is 0 Å². The number of carbonyl (C=O) groups is 1. The van der Waals surface area contributed by atoms with E-state index in [0.29, 0.717) is 6.04 Å². The van der Waals surface area contributed by atoms with Gasteiger partial charge in [-0.1, -0.05) is 0 Å². The second kappa shape index (κ2) is 5.16. The molecule has 0 saturated carbocycles. The van der Waals surface area contributed by atoms with Crippen LogP contribution in [0.15, 0.2) is 0 Å². The summed E-state index contributed by atoms with van der Waals surface area (Å²) >= 11 is 0. The van der Waals surface area contributed by atoms with Crippen LogP contribution in [0.3, 0.4) is 0 Å². The lowest BCUT2D eigenvalue weighted by Gasteiger charge is -2.17.